The van der Waals surface area contributed by atoms with Crippen LogP contribution in [0.3, 0.4) is 0 Å². The van der Waals surface area contributed by atoms with Crippen molar-refractivity contribution in [2.24, 2.45) is 29.6 Å². The number of anilines is 3. The Morgan fingerprint density at radius 3 is 2.84 bits per heavy atom. The summed E-state index contributed by atoms with van der Waals surface area (Å²) < 4.78 is 0. The molecule has 3 saturated carbocycles. The molecule has 156 valence electrons. The van der Waals surface area contributed by atoms with Crippen molar-refractivity contribution in [1.29, 1.82) is 0 Å². The molecule has 6 heteroatoms. The molecule has 3 fully saturated rings. The van der Waals surface area contributed by atoms with Crippen molar-refractivity contribution in [3.63, 3.8) is 0 Å². The summed E-state index contributed by atoms with van der Waals surface area (Å²) in [7, 11) is 0. The van der Waals surface area contributed by atoms with Crippen molar-refractivity contribution in [3.8, 4) is 0 Å². The van der Waals surface area contributed by atoms with Crippen LogP contribution in [0.2, 0.25) is 0 Å². The van der Waals surface area contributed by atoms with Crippen molar-refractivity contribution in [1.82, 2.24) is 10.2 Å². The van der Waals surface area contributed by atoms with Gasteiger partial charge in [-0.05, 0) is 96.2 Å². The van der Waals surface area contributed by atoms with E-state index >= 15 is 0 Å². The van der Waals surface area contributed by atoms with Crippen LogP contribution in [0.15, 0.2) is 30.3 Å². The van der Waals surface area contributed by atoms with E-state index in [4.69, 9.17) is 5.73 Å². The van der Waals surface area contributed by atoms with E-state index in [0.717, 1.165) is 40.3 Å². The van der Waals surface area contributed by atoms with Gasteiger partial charge in [0.2, 0.25) is 5.91 Å². The minimum atomic E-state index is -0.170. The van der Waals surface area contributed by atoms with Crippen LogP contribution >= 0.6 is 0 Å². The van der Waals surface area contributed by atoms with E-state index in [-0.39, 0.29) is 11.4 Å². The smallest absolute Gasteiger partial charge is 0.228 e. The van der Waals surface area contributed by atoms with Gasteiger partial charge in [-0.3, -0.25) is 9.89 Å². The molecule has 0 spiro atoms. The topological polar surface area (TPSA) is 95.8 Å². The van der Waals surface area contributed by atoms with E-state index in [9.17, 15) is 4.79 Å². The zero-order chi connectivity index (χ0) is 20.6. The van der Waals surface area contributed by atoms with Gasteiger partial charge in [0.1, 0.15) is 0 Å². The maximum absolute atomic E-state index is 12.2. The van der Waals surface area contributed by atoms with Crippen molar-refractivity contribution in [2.45, 2.75) is 37.6 Å². The number of aromatic amines is 1. The standard InChI is InChI=1S/C25H25N5O/c1-25(10-2-5-16-14(8-10)24(26)30-29-16)23-21-11-3-4-12(19(11)21)22(23)20-13-9-18(31)27-15(13)6-7-17(20)28-25/h2,5-8,11-12,19,21-23,28H,3-4,9H2,1H3,(H,27,31)(H3,26,29,30)/t11?,12?,19?,21?,22-,23-,25+/m0/s1. The molecule has 3 aliphatic carbocycles. The van der Waals surface area contributed by atoms with Gasteiger partial charge >= 0.3 is 0 Å². The van der Waals surface area contributed by atoms with Crippen LogP contribution in [0.4, 0.5) is 17.2 Å². The van der Waals surface area contributed by atoms with E-state index in [1.54, 1.807) is 0 Å². The molecule has 2 aromatic carbocycles. The van der Waals surface area contributed by atoms with Crippen LogP contribution in [0.1, 0.15) is 42.4 Å². The molecule has 6 nitrogen and oxygen atoms in total. The Hall–Kier alpha value is -3.02. The molecule has 3 heterocycles. The molecule has 5 aliphatic rings. The second-order valence-corrected chi connectivity index (χ2v) is 10.6. The summed E-state index contributed by atoms with van der Waals surface area (Å²) in [5, 5.41) is 15.3. The summed E-state index contributed by atoms with van der Waals surface area (Å²) in [6.45, 7) is 2.39. The Morgan fingerprint density at radius 2 is 1.94 bits per heavy atom. The van der Waals surface area contributed by atoms with Crippen molar-refractivity contribution in [3.05, 3.63) is 47.0 Å². The first-order chi connectivity index (χ1) is 15.0. The molecule has 5 N–H and O–H groups in total. The number of fused-ring (bicyclic) bond motifs is 9. The average molecular weight is 412 g/mol. The Labute approximate surface area is 180 Å². The summed E-state index contributed by atoms with van der Waals surface area (Å²) >= 11 is 0. The summed E-state index contributed by atoms with van der Waals surface area (Å²) in [4.78, 5) is 12.2. The Bertz CT molecular complexity index is 1330. The van der Waals surface area contributed by atoms with Crippen LogP contribution in [0.5, 0.6) is 0 Å². The average Bonchev–Trinajstić information content (AvgIpc) is 3.13. The van der Waals surface area contributed by atoms with E-state index in [0.29, 0.717) is 24.1 Å². The highest BCUT2D eigenvalue weighted by Gasteiger charge is 2.74. The molecule has 1 aromatic heterocycles. The lowest BCUT2D eigenvalue weighted by molar-refractivity contribution is -0.115. The molecule has 7 atom stereocenters. The lowest BCUT2D eigenvalue weighted by atomic mass is 9.64. The van der Waals surface area contributed by atoms with Crippen LogP contribution in [0.25, 0.3) is 10.9 Å². The number of hydrogen-bond donors (Lipinski definition) is 4. The third-order valence-corrected chi connectivity index (χ3v) is 9.44. The first kappa shape index (κ1) is 16.6. The largest absolute Gasteiger partial charge is 0.382 e. The summed E-state index contributed by atoms with van der Waals surface area (Å²) in [5.74, 6) is 5.05. The molecule has 3 aromatic rings. The Balaban J connectivity index is 1.36. The van der Waals surface area contributed by atoms with Crippen LogP contribution < -0.4 is 16.4 Å². The highest BCUT2D eigenvalue weighted by Crippen LogP contribution is 2.79. The number of nitrogen functional groups attached to an aromatic ring is 1. The quantitative estimate of drug-likeness (QED) is 0.487. The van der Waals surface area contributed by atoms with Gasteiger partial charge in [0.05, 0.1) is 17.5 Å². The molecular weight excluding hydrogens is 386 g/mol. The number of hydrogen-bond acceptors (Lipinski definition) is 4. The number of carbonyl (C=O) groups is 1. The summed E-state index contributed by atoms with van der Waals surface area (Å²) in [6, 6.07) is 10.9. The molecule has 1 amide bonds. The number of nitrogens with two attached hydrogens (primary N) is 1. The van der Waals surface area contributed by atoms with Gasteiger partial charge in [0, 0.05) is 16.8 Å². The van der Waals surface area contributed by atoms with Gasteiger partial charge in [-0.15, -0.1) is 0 Å². The van der Waals surface area contributed by atoms with E-state index < -0.39 is 0 Å². The summed E-state index contributed by atoms with van der Waals surface area (Å²) in [5.41, 5.74) is 13.2. The SMILES string of the molecule is C[C@]1(c2ccc3[nH]nc(N)c3c2)Nc2ccc3c(c2[C@@H]2C4CCC5C4C5[C@@H]21)CC(=O)N3. The van der Waals surface area contributed by atoms with Crippen LogP contribution in [0, 0.1) is 29.6 Å². The normalized spacial score (nSPS) is 38.3. The van der Waals surface area contributed by atoms with Crippen LogP contribution in [-0.2, 0) is 16.8 Å². The van der Waals surface area contributed by atoms with Gasteiger partial charge in [0.15, 0.2) is 5.82 Å². The number of amides is 1. The first-order valence-corrected chi connectivity index (χ1v) is 11.5. The zero-order valence-corrected chi connectivity index (χ0v) is 17.4. The molecule has 0 saturated heterocycles. The van der Waals surface area contributed by atoms with Gasteiger partial charge in [-0.2, -0.15) is 5.10 Å². The minimum absolute atomic E-state index is 0.127. The Kier molecular flexibility index (Phi) is 2.72. The summed E-state index contributed by atoms with van der Waals surface area (Å²) in [6.07, 6.45) is 3.22. The molecule has 0 radical (unpaired) electrons. The third-order valence-electron chi connectivity index (χ3n) is 9.44. The van der Waals surface area contributed by atoms with Crippen LogP contribution in [-0.4, -0.2) is 16.1 Å². The number of nitrogens with zero attached hydrogens (tertiary/aromatic N) is 1. The number of benzene rings is 2. The number of rotatable bonds is 1. The molecule has 8 rings (SSSR count). The first-order valence-electron chi connectivity index (χ1n) is 11.5. The predicted octanol–water partition coefficient (Wildman–Crippen LogP) is 3.97. The van der Waals surface area contributed by atoms with Gasteiger partial charge in [-0.1, -0.05) is 6.07 Å². The number of aromatic nitrogens is 2. The fraction of sp³-hybridized carbons (Fsp3) is 0.440. The fourth-order valence-electron chi connectivity index (χ4n) is 8.36. The maximum Gasteiger partial charge on any atom is 0.228 e. The second-order valence-electron chi connectivity index (χ2n) is 10.6. The van der Waals surface area contributed by atoms with Crippen molar-refractivity contribution >= 4 is 34.0 Å². The van der Waals surface area contributed by atoms with E-state index in [2.05, 4.69) is 58.1 Å². The molecule has 0 bridgehead atoms. The lowest BCUT2D eigenvalue weighted by Gasteiger charge is -2.49. The monoisotopic (exact) mass is 411 g/mol. The van der Waals surface area contributed by atoms with Gasteiger partial charge < -0.3 is 16.4 Å². The molecule has 4 unspecified atom stereocenters. The lowest BCUT2D eigenvalue weighted by Crippen LogP contribution is -2.47. The predicted molar refractivity (Wildman–Crippen MR) is 120 cm³/mol. The maximum atomic E-state index is 12.2. The highest BCUT2D eigenvalue weighted by atomic mass is 16.1. The van der Waals surface area contributed by atoms with Crippen molar-refractivity contribution in [2.75, 3.05) is 16.4 Å². The third kappa shape index (κ3) is 1.83. The second kappa shape index (κ2) is 5.06. The number of H-pyrrole nitrogens is 1. The molecule has 31 heavy (non-hydrogen) atoms. The zero-order valence-electron chi connectivity index (χ0n) is 17.4. The Morgan fingerprint density at radius 1 is 1.10 bits per heavy atom. The molecule has 2 aliphatic heterocycles. The number of nitrogens with one attached hydrogen (secondary N) is 3. The fourth-order valence-corrected chi connectivity index (χ4v) is 8.36. The van der Waals surface area contributed by atoms with Gasteiger partial charge in [0.25, 0.3) is 0 Å². The molecular formula is C25H25N5O. The van der Waals surface area contributed by atoms with E-state index in [1.807, 2.05) is 0 Å². The number of carbonyl (C=O) groups excluding carboxylic acids is 1. The minimum Gasteiger partial charge on any atom is -0.382 e. The van der Waals surface area contributed by atoms with Crippen molar-refractivity contribution < 1.29 is 4.79 Å². The highest BCUT2D eigenvalue weighted by molar-refractivity contribution is 6.00. The van der Waals surface area contributed by atoms with Gasteiger partial charge in [-0.25, -0.2) is 0 Å². The van der Waals surface area contributed by atoms with E-state index in [1.165, 1.54) is 35.2 Å².